The summed E-state index contributed by atoms with van der Waals surface area (Å²) in [7, 11) is 5.44. The summed E-state index contributed by atoms with van der Waals surface area (Å²) in [6.45, 7) is 2.54. The first-order chi connectivity index (χ1) is 14.7. The van der Waals surface area contributed by atoms with Gasteiger partial charge in [0, 0.05) is 12.1 Å². The van der Waals surface area contributed by atoms with Crippen LogP contribution >= 0.6 is 12.4 Å². The summed E-state index contributed by atoms with van der Waals surface area (Å²) in [6, 6.07) is 16.0. The van der Waals surface area contributed by atoms with Crippen LogP contribution in [-0.2, 0) is 6.42 Å². The first-order valence-corrected chi connectivity index (χ1v) is 10.1. The third-order valence-electron chi connectivity index (χ3n) is 4.82. The number of aromatic nitrogens is 2. The van der Waals surface area contributed by atoms with E-state index in [1.54, 1.807) is 14.2 Å². The van der Waals surface area contributed by atoms with Gasteiger partial charge in [0.1, 0.15) is 0 Å². The first-order valence-electron chi connectivity index (χ1n) is 10.1. The molecule has 168 valence electrons. The molecule has 3 aromatic rings. The van der Waals surface area contributed by atoms with E-state index in [1.807, 2.05) is 42.5 Å². The molecule has 0 saturated heterocycles. The summed E-state index contributed by atoms with van der Waals surface area (Å²) < 4.78 is 21.5. The van der Waals surface area contributed by atoms with Crippen LogP contribution in [0.4, 0.5) is 0 Å². The zero-order chi connectivity index (χ0) is 21.2. The SMILES string of the molecule is COc1ccc(CCN(C)CCCCOc2noc(-c3ccccc3)n2)cc1OC.Cl. The van der Waals surface area contributed by atoms with E-state index < -0.39 is 0 Å². The van der Waals surface area contributed by atoms with Crippen molar-refractivity contribution in [2.45, 2.75) is 19.3 Å². The van der Waals surface area contributed by atoms with Crippen LogP contribution in [-0.4, -0.2) is 56.0 Å². The zero-order valence-corrected chi connectivity index (χ0v) is 19.1. The van der Waals surface area contributed by atoms with Gasteiger partial charge < -0.3 is 23.6 Å². The van der Waals surface area contributed by atoms with Crippen molar-refractivity contribution >= 4 is 12.4 Å². The predicted molar refractivity (Wildman–Crippen MR) is 122 cm³/mol. The molecule has 0 aliphatic rings. The summed E-state index contributed by atoms with van der Waals surface area (Å²) in [5, 5.41) is 3.88. The monoisotopic (exact) mass is 447 g/mol. The van der Waals surface area contributed by atoms with E-state index in [1.165, 1.54) is 5.56 Å². The molecule has 0 spiro atoms. The molecule has 1 aromatic heterocycles. The Bertz CT molecular complexity index is 905. The van der Waals surface area contributed by atoms with Gasteiger partial charge in [-0.2, -0.15) is 4.98 Å². The highest BCUT2D eigenvalue weighted by Gasteiger charge is 2.09. The molecule has 0 radical (unpaired) electrons. The van der Waals surface area contributed by atoms with Gasteiger partial charge in [-0.25, -0.2) is 0 Å². The van der Waals surface area contributed by atoms with Crippen LogP contribution in [0.5, 0.6) is 17.5 Å². The van der Waals surface area contributed by atoms with Crippen molar-refractivity contribution in [2.24, 2.45) is 0 Å². The molecular weight excluding hydrogens is 418 g/mol. The fourth-order valence-corrected chi connectivity index (χ4v) is 3.08. The van der Waals surface area contributed by atoms with Crippen LogP contribution in [0.2, 0.25) is 0 Å². The molecule has 0 N–H and O–H groups in total. The average molecular weight is 448 g/mol. The lowest BCUT2D eigenvalue weighted by Crippen LogP contribution is -2.22. The van der Waals surface area contributed by atoms with Crippen LogP contribution in [0.25, 0.3) is 11.5 Å². The molecule has 3 rings (SSSR count). The molecule has 0 amide bonds. The molecule has 8 heteroatoms. The lowest BCUT2D eigenvalue weighted by Gasteiger charge is -2.17. The molecule has 0 fully saturated rings. The van der Waals surface area contributed by atoms with E-state index in [-0.39, 0.29) is 18.4 Å². The number of halogens is 1. The van der Waals surface area contributed by atoms with Gasteiger partial charge in [0.25, 0.3) is 5.89 Å². The van der Waals surface area contributed by atoms with E-state index in [0.29, 0.717) is 12.5 Å². The molecular formula is C23H30ClN3O4. The summed E-state index contributed by atoms with van der Waals surface area (Å²) in [6.07, 6.45) is 2.92. The van der Waals surface area contributed by atoms with Crippen molar-refractivity contribution in [1.29, 1.82) is 0 Å². The molecule has 0 atom stereocenters. The number of unbranched alkanes of at least 4 members (excludes halogenated alkanes) is 1. The third kappa shape index (κ3) is 7.45. The topological polar surface area (TPSA) is 69.9 Å². The third-order valence-corrected chi connectivity index (χ3v) is 4.82. The number of benzene rings is 2. The maximum atomic E-state index is 5.61. The Morgan fingerprint density at radius 2 is 1.71 bits per heavy atom. The first kappa shape index (κ1) is 24.5. The highest BCUT2D eigenvalue weighted by atomic mass is 35.5. The van der Waals surface area contributed by atoms with E-state index >= 15 is 0 Å². The fraction of sp³-hybridized carbons (Fsp3) is 0.391. The van der Waals surface area contributed by atoms with Gasteiger partial charge in [0.05, 0.1) is 20.8 Å². The minimum Gasteiger partial charge on any atom is -0.493 e. The number of hydrogen-bond acceptors (Lipinski definition) is 7. The molecule has 0 saturated carbocycles. The van der Waals surface area contributed by atoms with Crippen LogP contribution in [0, 0.1) is 0 Å². The molecule has 0 aliphatic carbocycles. The Morgan fingerprint density at radius 3 is 2.45 bits per heavy atom. The summed E-state index contributed by atoms with van der Waals surface area (Å²) in [5.74, 6) is 2.00. The smallest absolute Gasteiger partial charge is 0.354 e. The van der Waals surface area contributed by atoms with Gasteiger partial charge in [-0.3, -0.25) is 0 Å². The molecule has 1 heterocycles. The fourth-order valence-electron chi connectivity index (χ4n) is 3.08. The van der Waals surface area contributed by atoms with Gasteiger partial charge in [-0.1, -0.05) is 24.3 Å². The highest BCUT2D eigenvalue weighted by Crippen LogP contribution is 2.27. The van der Waals surface area contributed by atoms with E-state index in [0.717, 1.165) is 49.4 Å². The van der Waals surface area contributed by atoms with Gasteiger partial charge in [-0.05, 0) is 67.8 Å². The maximum absolute atomic E-state index is 5.61. The van der Waals surface area contributed by atoms with Crippen molar-refractivity contribution in [1.82, 2.24) is 15.0 Å². The number of nitrogens with zero attached hydrogens (tertiary/aromatic N) is 3. The molecule has 0 aliphatic heterocycles. The van der Waals surface area contributed by atoms with Crippen LogP contribution in [0.15, 0.2) is 53.1 Å². The van der Waals surface area contributed by atoms with E-state index in [2.05, 4.69) is 28.2 Å². The quantitative estimate of drug-likeness (QED) is 0.378. The van der Waals surface area contributed by atoms with Gasteiger partial charge in [0.15, 0.2) is 11.5 Å². The minimum atomic E-state index is 0. The number of hydrogen-bond donors (Lipinski definition) is 0. The van der Waals surface area contributed by atoms with Crippen molar-refractivity contribution in [3.63, 3.8) is 0 Å². The Hall–Kier alpha value is -2.77. The summed E-state index contributed by atoms with van der Waals surface area (Å²) >= 11 is 0. The van der Waals surface area contributed by atoms with Crippen LogP contribution < -0.4 is 14.2 Å². The van der Waals surface area contributed by atoms with E-state index in [9.17, 15) is 0 Å². The highest BCUT2D eigenvalue weighted by molar-refractivity contribution is 5.85. The lowest BCUT2D eigenvalue weighted by atomic mass is 10.1. The Kier molecular flexibility index (Phi) is 10.1. The Balaban J connectivity index is 0.00000341. The van der Waals surface area contributed by atoms with Gasteiger partial charge >= 0.3 is 6.01 Å². The second-order valence-electron chi connectivity index (χ2n) is 7.05. The lowest BCUT2D eigenvalue weighted by molar-refractivity contribution is 0.254. The van der Waals surface area contributed by atoms with Crippen molar-refractivity contribution in [3.05, 3.63) is 54.1 Å². The summed E-state index contributed by atoms with van der Waals surface area (Å²) in [4.78, 5) is 6.59. The maximum Gasteiger partial charge on any atom is 0.354 e. The molecule has 7 nitrogen and oxygen atoms in total. The van der Waals surface area contributed by atoms with Crippen LogP contribution in [0.1, 0.15) is 18.4 Å². The van der Waals surface area contributed by atoms with Crippen LogP contribution in [0.3, 0.4) is 0 Å². The second-order valence-corrected chi connectivity index (χ2v) is 7.05. The number of likely N-dealkylation sites (N-methyl/N-ethyl adjacent to an activating group) is 1. The van der Waals surface area contributed by atoms with Crippen molar-refractivity contribution in [2.75, 3.05) is 41.0 Å². The van der Waals surface area contributed by atoms with Gasteiger partial charge in [0.2, 0.25) is 0 Å². The predicted octanol–water partition coefficient (Wildman–Crippen LogP) is 4.51. The Labute approximate surface area is 189 Å². The van der Waals surface area contributed by atoms with Crippen molar-refractivity contribution in [3.8, 4) is 29.0 Å². The second kappa shape index (κ2) is 12.8. The zero-order valence-electron chi connectivity index (χ0n) is 18.2. The summed E-state index contributed by atoms with van der Waals surface area (Å²) in [5.41, 5.74) is 2.12. The standard InChI is InChI=1S/C23H29N3O4.ClH/c1-26(15-13-18-11-12-20(27-2)21(17-18)28-3)14-7-8-16-29-23-24-22(30-25-23)19-9-5-4-6-10-19;/h4-6,9-12,17H,7-8,13-16H2,1-3H3;1H. The Morgan fingerprint density at radius 1 is 0.935 bits per heavy atom. The average Bonchev–Trinajstić information content (AvgIpc) is 3.26. The largest absolute Gasteiger partial charge is 0.493 e. The van der Waals surface area contributed by atoms with E-state index in [4.69, 9.17) is 18.7 Å². The number of methoxy groups -OCH3 is 2. The molecule has 2 aromatic carbocycles. The number of ether oxygens (including phenoxy) is 3. The molecule has 0 bridgehead atoms. The van der Waals surface area contributed by atoms with Crippen molar-refractivity contribution < 1.29 is 18.7 Å². The minimum absolute atomic E-state index is 0. The normalized spacial score (nSPS) is 10.6. The van der Waals surface area contributed by atoms with Gasteiger partial charge in [-0.15, -0.1) is 12.4 Å². The molecule has 0 unspecified atom stereocenters. The molecule has 31 heavy (non-hydrogen) atoms. The number of rotatable bonds is 12.